The zero-order valence-corrected chi connectivity index (χ0v) is 15.3. The van der Waals surface area contributed by atoms with Crippen molar-refractivity contribution in [3.63, 3.8) is 0 Å². The third-order valence-electron chi connectivity index (χ3n) is 4.49. The van der Waals surface area contributed by atoms with E-state index in [4.69, 9.17) is 11.1 Å². The Morgan fingerprint density at radius 3 is 2.78 bits per heavy atom. The number of rotatable bonds is 6. The first-order valence-electron chi connectivity index (χ1n) is 8.90. The zero-order chi connectivity index (χ0) is 19.2. The van der Waals surface area contributed by atoms with Crippen LogP contribution in [0.5, 0.6) is 0 Å². The Balaban J connectivity index is 1.79. The van der Waals surface area contributed by atoms with E-state index in [1.165, 1.54) is 6.21 Å². The van der Waals surface area contributed by atoms with E-state index in [9.17, 15) is 4.79 Å². The molecule has 2 heterocycles. The first-order chi connectivity index (χ1) is 13.1. The van der Waals surface area contributed by atoms with Crippen LogP contribution in [0.3, 0.4) is 0 Å². The van der Waals surface area contributed by atoms with Crippen molar-refractivity contribution >= 4 is 17.8 Å². The van der Waals surface area contributed by atoms with Crippen molar-refractivity contribution in [2.45, 2.75) is 32.2 Å². The predicted molar refractivity (Wildman–Crippen MR) is 107 cm³/mol. The molecule has 1 unspecified atom stereocenters. The molecule has 0 bridgehead atoms. The number of benzene rings is 1. The first-order valence-corrected chi connectivity index (χ1v) is 8.90. The summed E-state index contributed by atoms with van der Waals surface area (Å²) < 4.78 is 0. The normalized spacial score (nSPS) is 15.1. The number of nitrogens with two attached hydrogens (primary N) is 1. The highest BCUT2D eigenvalue weighted by atomic mass is 16.1. The van der Waals surface area contributed by atoms with Crippen molar-refractivity contribution in [2.24, 2.45) is 10.7 Å². The van der Waals surface area contributed by atoms with E-state index in [1.807, 2.05) is 49.4 Å². The maximum absolute atomic E-state index is 12.5. The van der Waals surface area contributed by atoms with Gasteiger partial charge in [-0.1, -0.05) is 30.3 Å². The van der Waals surface area contributed by atoms with Gasteiger partial charge in [0.25, 0.3) is 5.91 Å². The Morgan fingerprint density at radius 2 is 2.07 bits per heavy atom. The minimum atomic E-state index is -0.456. The number of aromatic nitrogens is 1. The highest BCUT2D eigenvalue weighted by molar-refractivity contribution is 6.39. The van der Waals surface area contributed by atoms with Crippen LogP contribution in [-0.4, -0.2) is 22.8 Å². The molecule has 1 aromatic heterocycles. The molecular formula is C21H23N5O. The zero-order valence-electron chi connectivity index (χ0n) is 15.3. The summed E-state index contributed by atoms with van der Waals surface area (Å²) in [5.74, 6) is -0.660. The minimum Gasteiger partial charge on any atom is -0.401 e. The molecule has 1 aromatic carbocycles. The van der Waals surface area contributed by atoms with E-state index in [0.717, 1.165) is 11.1 Å². The average Bonchev–Trinajstić information content (AvgIpc) is 2.69. The van der Waals surface area contributed by atoms with Gasteiger partial charge in [0.2, 0.25) is 0 Å². The summed E-state index contributed by atoms with van der Waals surface area (Å²) in [5, 5.41) is 10.7. The summed E-state index contributed by atoms with van der Waals surface area (Å²) in [7, 11) is 0. The maximum atomic E-state index is 12.5. The van der Waals surface area contributed by atoms with Gasteiger partial charge in [0, 0.05) is 31.1 Å². The molecule has 6 heteroatoms. The van der Waals surface area contributed by atoms with E-state index >= 15 is 0 Å². The van der Waals surface area contributed by atoms with Crippen LogP contribution in [0.1, 0.15) is 35.6 Å². The Hall–Kier alpha value is -3.28. The molecule has 4 N–H and O–H groups in total. The molecule has 1 aliphatic heterocycles. The fourth-order valence-electron chi connectivity index (χ4n) is 3.00. The second-order valence-corrected chi connectivity index (χ2v) is 6.54. The Kier molecular flexibility index (Phi) is 5.76. The highest BCUT2D eigenvalue weighted by Crippen LogP contribution is 2.28. The summed E-state index contributed by atoms with van der Waals surface area (Å²) >= 11 is 0. The van der Waals surface area contributed by atoms with Crippen LogP contribution in [0.2, 0.25) is 0 Å². The maximum Gasteiger partial charge on any atom is 0.265 e. The van der Waals surface area contributed by atoms with Crippen LogP contribution in [0.4, 0.5) is 0 Å². The van der Waals surface area contributed by atoms with Crippen LogP contribution in [0.15, 0.2) is 65.0 Å². The topological polar surface area (TPSA) is 104 Å². The monoisotopic (exact) mass is 361 g/mol. The summed E-state index contributed by atoms with van der Waals surface area (Å²) in [5.41, 5.74) is 10.5. The number of allylic oxidation sites excluding steroid dienone is 2. The third kappa shape index (κ3) is 4.47. The quantitative estimate of drug-likeness (QED) is 0.689. The summed E-state index contributed by atoms with van der Waals surface area (Å²) in [6.45, 7) is 2.41. The van der Waals surface area contributed by atoms with Crippen LogP contribution >= 0.6 is 0 Å². The van der Waals surface area contributed by atoms with E-state index < -0.39 is 5.92 Å². The van der Waals surface area contributed by atoms with E-state index in [1.54, 1.807) is 6.20 Å². The number of hydrogen-bond acceptors (Lipinski definition) is 5. The summed E-state index contributed by atoms with van der Waals surface area (Å²) in [6, 6.07) is 13.5. The van der Waals surface area contributed by atoms with Crippen LogP contribution in [0.25, 0.3) is 0 Å². The smallest absolute Gasteiger partial charge is 0.265 e. The lowest BCUT2D eigenvalue weighted by molar-refractivity contribution is -0.115. The Labute approximate surface area is 158 Å². The van der Waals surface area contributed by atoms with Crippen LogP contribution in [0, 0.1) is 12.3 Å². The van der Waals surface area contributed by atoms with E-state index in [-0.39, 0.29) is 5.91 Å². The second kappa shape index (κ2) is 8.40. The van der Waals surface area contributed by atoms with Crippen molar-refractivity contribution in [1.29, 1.82) is 5.41 Å². The number of amides is 1. The molecule has 0 radical (unpaired) electrons. The lowest BCUT2D eigenvalue weighted by Gasteiger charge is -2.21. The Bertz CT molecular complexity index is 902. The molecule has 0 fully saturated rings. The molecule has 0 saturated carbocycles. The van der Waals surface area contributed by atoms with Gasteiger partial charge < -0.3 is 16.5 Å². The number of carbonyl (C=O) groups is 1. The van der Waals surface area contributed by atoms with Gasteiger partial charge in [-0.3, -0.25) is 9.78 Å². The first kappa shape index (κ1) is 18.5. The van der Waals surface area contributed by atoms with Crippen LogP contribution in [-0.2, 0) is 11.3 Å². The van der Waals surface area contributed by atoms with Crippen molar-refractivity contribution in [3.05, 3.63) is 76.9 Å². The van der Waals surface area contributed by atoms with Crippen molar-refractivity contribution in [1.82, 2.24) is 10.3 Å². The van der Waals surface area contributed by atoms with Crippen molar-refractivity contribution in [2.75, 3.05) is 0 Å². The number of carbonyl (C=O) groups excluding carboxylic acids is 1. The molecule has 138 valence electrons. The number of pyridine rings is 1. The van der Waals surface area contributed by atoms with Gasteiger partial charge in [0.15, 0.2) is 0 Å². The minimum absolute atomic E-state index is 0.204. The van der Waals surface area contributed by atoms with Gasteiger partial charge >= 0.3 is 0 Å². The van der Waals surface area contributed by atoms with E-state index in [2.05, 4.69) is 15.3 Å². The molecule has 1 amide bonds. The van der Waals surface area contributed by atoms with Gasteiger partial charge in [0.05, 0.1) is 17.3 Å². The molecule has 0 aliphatic carbocycles. The highest BCUT2D eigenvalue weighted by Gasteiger charge is 2.25. The fourth-order valence-corrected chi connectivity index (χ4v) is 3.00. The number of aryl methyl sites for hydroxylation is 1. The van der Waals surface area contributed by atoms with Gasteiger partial charge in [0.1, 0.15) is 5.71 Å². The molecule has 1 atom stereocenters. The standard InChI is InChI=1S/C21H23N5O/c1-14-9-10-24-19(11-14)16(12-22)20-17(23)7-8-18(26-20)21(27)25-13-15-5-3-2-4-6-15/h2-6,9-12,16,22H,7-8,13,23H2,1H3,(H,25,27). The molecule has 0 spiro atoms. The number of nitrogens with zero attached hydrogens (tertiary/aromatic N) is 2. The predicted octanol–water partition coefficient (Wildman–Crippen LogP) is 2.84. The van der Waals surface area contributed by atoms with Crippen molar-refractivity contribution < 1.29 is 4.79 Å². The summed E-state index contributed by atoms with van der Waals surface area (Å²) in [6.07, 6.45) is 4.02. The van der Waals surface area contributed by atoms with Crippen LogP contribution < -0.4 is 11.1 Å². The van der Waals surface area contributed by atoms with E-state index in [0.29, 0.717) is 42.2 Å². The molecule has 6 nitrogen and oxygen atoms in total. The fraction of sp³-hybridized carbons (Fsp3) is 0.238. The number of aliphatic imine (C=N–C) groups is 1. The molecule has 0 saturated heterocycles. The van der Waals surface area contributed by atoms with Gasteiger partial charge in [-0.25, -0.2) is 4.99 Å². The molecule has 27 heavy (non-hydrogen) atoms. The lowest BCUT2D eigenvalue weighted by atomic mass is 9.95. The number of nitrogens with one attached hydrogen (secondary N) is 2. The lowest BCUT2D eigenvalue weighted by Crippen LogP contribution is -2.33. The number of hydrogen-bond donors (Lipinski definition) is 3. The third-order valence-corrected chi connectivity index (χ3v) is 4.49. The van der Waals surface area contributed by atoms with Gasteiger partial charge in [-0.05, 0) is 36.6 Å². The average molecular weight is 361 g/mol. The largest absolute Gasteiger partial charge is 0.401 e. The SMILES string of the molecule is Cc1ccnc(C(C=N)C2=C(N)CCC(C(=O)NCc3ccccc3)=N2)c1. The molecule has 3 rings (SSSR count). The second-order valence-electron chi connectivity index (χ2n) is 6.54. The Morgan fingerprint density at radius 1 is 1.30 bits per heavy atom. The molecular weight excluding hydrogens is 338 g/mol. The molecule has 2 aromatic rings. The summed E-state index contributed by atoms with van der Waals surface area (Å²) in [4.78, 5) is 21.4. The van der Waals surface area contributed by atoms with Gasteiger partial charge in [-0.15, -0.1) is 0 Å². The molecule has 1 aliphatic rings. The van der Waals surface area contributed by atoms with Crippen molar-refractivity contribution in [3.8, 4) is 0 Å². The van der Waals surface area contributed by atoms with Gasteiger partial charge in [-0.2, -0.15) is 0 Å².